The third-order valence-corrected chi connectivity index (χ3v) is 7.47. The third-order valence-electron chi connectivity index (χ3n) is 5.59. The Morgan fingerprint density at radius 1 is 1.22 bits per heavy atom. The fourth-order valence-corrected chi connectivity index (χ4v) is 5.11. The molecule has 0 bridgehead atoms. The first-order valence-corrected chi connectivity index (χ1v) is 11.3. The molecule has 0 aliphatic carbocycles. The number of nitrogens with one attached hydrogen (secondary N) is 1. The number of likely N-dealkylation sites (tertiary alicyclic amines) is 1. The molecule has 150 valence electrons. The average Bonchev–Trinajstić information content (AvgIpc) is 3.16. The van der Waals surface area contributed by atoms with E-state index in [-0.39, 0.29) is 29.2 Å². The first-order chi connectivity index (χ1) is 12.9. The van der Waals surface area contributed by atoms with Crippen LogP contribution in [-0.4, -0.2) is 58.9 Å². The fourth-order valence-electron chi connectivity index (χ4n) is 3.98. The van der Waals surface area contributed by atoms with Crippen molar-refractivity contribution in [3.8, 4) is 0 Å². The van der Waals surface area contributed by atoms with Crippen LogP contribution in [-0.2, 0) is 21.2 Å². The number of hydrogen-bond acceptors (Lipinski definition) is 5. The number of nitrogens with zero attached hydrogens (tertiary/aromatic N) is 3. The van der Waals surface area contributed by atoms with E-state index in [1.54, 1.807) is 6.92 Å². The van der Waals surface area contributed by atoms with E-state index in [1.165, 1.54) is 10.4 Å². The van der Waals surface area contributed by atoms with Crippen molar-refractivity contribution in [1.29, 1.82) is 0 Å². The maximum absolute atomic E-state index is 13.1. The highest BCUT2D eigenvalue weighted by Crippen LogP contribution is 2.33. The molecule has 0 unspecified atom stereocenters. The largest absolute Gasteiger partial charge is 0.332 e. The lowest BCUT2D eigenvalue weighted by atomic mass is 9.96. The number of H-pyrrole nitrogens is 1. The second kappa shape index (κ2) is 8.10. The number of carbonyl (C=O) groups is 1. The van der Waals surface area contributed by atoms with Gasteiger partial charge in [-0.15, -0.1) is 0 Å². The van der Waals surface area contributed by atoms with Gasteiger partial charge in [-0.05, 0) is 39.0 Å². The van der Waals surface area contributed by atoms with Gasteiger partial charge in [0.25, 0.3) is 5.56 Å². The van der Waals surface area contributed by atoms with Gasteiger partial charge in [0.05, 0.1) is 11.8 Å². The molecule has 2 saturated heterocycles. The number of aryl methyl sites for hydroxylation is 1. The van der Waals surface area contributed by atoms with Crippen LogP contribution in [0.2, 0.25) is 0 Å². The van der Waals surface area contributed by atoms with E-state index < -0.39 is 10.0 Å². The molecular formula is C18H28N4O4S. The van der Waals surface area contributed by atoms with Crippen molar-refractivity contribution in [3.05, 3.63) is 27.9 Å². The summed E-state index contributed by atoms with van der Waals surface area (Å²) in [5, 5.41) is 0. The summed E-state index contributed by atoms with van der Waals surface area (Å²) in [7, 11) is -3.20. The molecule has 1 amide bonds. The van der Waals surface area contributed by atoms with Crippen molar-refractivity contribution in [1.82, 2.24) is 19.2 Å². The smallest absolute Gasteiger partial charge is 0.251 e. The Bertz CT molecular complexity index is 843. The summed E-state index contributed by atoms with van der Waals surface area (Å²) < 4.78 is 25.5. The Morgan fingerprint density at radius 2 is 1.93 bits per heavy atom. The SMILES string of the molecule is CCc1cc(=O)[nH]c([C@H]2CCCN2C(=O)C2CCN(S(=O)(=O)CC)CC2)n1. The summed E-state index contributed by atoms with van der Waals surface area (Å²) in [5.41, 5.74) is 0.542. The lowest BCUT2D eigenvalue weighted by molar-refractivity contribution is -0.137. The lowest BCUT2D eigenvalue weighted by Gasteiger charge is -2.34. The molecule has 2 aliphatic rings. The Balaban J connectivity index is 1.72. The Labute approximate surface area is 160 Å². The van der Waals surface area contributed by atoms with Crippen LogP contribution in [0.25, 0.3) is 0 Å². The monoisotopic (exact) mass is 396 g/mol. The molecule has 0 aromatic carbocycles. The summed E-state index contributed by atoms with van der Waals surface area (Å²) >= 11 is 0. The number of carbonyl (C=O) groups excluding carboxylic acids is 1. The number of rotatable bonds is 5. The van der Waals surface area contributed by atoms with Crippen LogP contribution in [0.4, 0.5) is 0 Å². The molecule has 1 aromatic rings. The van der Waals surface area contributed by atoms with Gasteiger partial charge in [0.15, 0.2) is 0 Å². The van der Waals surface area contributed by atoms with Crippen LogP contribution in [0.3, 0.4) is 0 Å². The minimum atomic E-state index is -3.20. The predicted octanol–water partition coefficient (Wildman–Crippen LogP) is 1.06. The zero-order valence-electron chi connectivity index (χ0n) is 16.0. The molecule has 0 saturated carbocycles. The predicted molar refractivity (Wildman–Crippen MR) is 102 cm³/mol. The van der Waals surface area contributed by atoms with Gasteiger partial charge in [0, 0.05) is 37.3 Å². The summed E-state index contributed by atoms with van der Waals surface area (Å²) in [5.74, 6) is 0.536. The summed E-state index contributed by atoms with van der Waals surface area (Å²) in [6, 6.07) is 1.29. The van der Waals surface area contributed by atoms with Crippen molar-refractivity contribution in [3.63, 3.8) is 0 Å². The van der Waals surface area contributed by atoms with Gasteiger partial charge in [0.1, 0.15) is 5.82 Å². The van der Waals surface area contributed by atoms with E-state index in [0.717, 1.165) is 18.5 Å². The lowest BCUT2D eigenvalue weighted by Crippen LogP contribution is -2.44. The van der Waals surface area contributed by atoms with E-state index in [2.05, 4.69) is 9.97 Å². The average molecular weight is 397 g/mol. The molecule has 3 heterocycles. The van der Waals surface area contributed by atoms with Crippen LogP contribution in [0.5, 0.6) is 0 Å². The van der Waals surface area contributed by atoms with Gasteiger partial charge in [-0.3, -0.25) is 9.59 Å². The van der Waals surface area contributed by atoms with Gasteiger partial charge in [-0.2, -0.15) is 0 Å². The summed E-state index contributed by atoms with van der Waals surface area (Å²) in [6.07, 6.45) is 3.41. The van der Waals surface area contributed by atoms with E-state index in [1.807, 2.05) is 11.8 Å². The molecular weight excluding hydrogens is 368 g/mol. The Kier molecular flexibility index (Phi) is 6.00. The number of aromatic amines is 1. The van der Waals surface area contributed by atoms with E-state index in [4.69, 9.17) is 0 Å². The highest BCUT2D eigenvalue weighted by Gasteiger charge is 2.37. The highest BCUT2D eigenvalue weighted by molar-refractivity contribution is 7.89. The van der Waals surface area contributed by atoms with E-state index in [0.29, 0.717) is 44.7 Å². The van der Waals surface area contributed by atoms with Crippen LogP contribution < -0.4 is 5.56 Å². The fraction of sp³-hybridized carbons (Fsp3) is 0.722. The van der Waals surface area contributed by atoms with Gasteiger partial charge in [-0.25, -0.2) is 17.7 Å². The normalized spacial score (nSPS) is 22.3. The summed E-state index contributed by atoms with van der Waals surface area (Å²) in [4.78, 5) is 34.1. The third kappa shape index (κ3) is 4.24. The number of piperidine rings is 1. The number of amides is 1. The van der Waals surface area contributed by atoms with Crippen LogP contribution >= 0.6 is 0 Å². The molecule has 9 heteroatoms. The Hall–Kier alpha value is -1.74. The first kappa shape index (κ1) is 20.0. The van der Waals surface area contributed by atoms with Crippen molar-refractivity contribution < 1.29 is 13.2 Å². The van der Waals surface area contributed by atoms with Crippen LogP contribution in [0.15, 0.2) is 10.9 Å². The van der Waals surface area contributed by atoms with Gasteiger partial charge in [-0.1, -0.05) is 6.92 Å². The summed E-state index contributed by atoms with van der Waals surface area (Å²) in [6.45, 7) is 5.02. The number of hydrogen-bond donors (Lipinski definition) is 1. The van der Waals surface area contributed by atoms with Gasteiger partial charge < -0.3 is 9.88 Å². The molecule has 2 fully saturated rings. The molecule has 27 heavy (non-hydrogen) atoms. The first-order valence-electron chi connectivity index (χ1n) is 9.74. The van der Waals surface area contributed by atoms with E-state index in [9.17, 15) is 18.0 Å². The molecule has 3 rings (SSSR count). The van der Waals surface area contributed by atoms with Gasteiger partial charge in [0.2, 0.25) is 15.9 Å². The molecule has 1 N–H and O–H groups in total. The van der Waals surface area contributed by atoms with Crippen LogP contribution in [0.1, 0.15) is 57.1 Å². The standard InChI is InChI=1S/C18H28N4O4S/c1-3-14-12-16(23)20-17(19-14)15-6-5-9-22(15)18(24)13-7-10-21(11-8-13)27(25,26)4-2/h12-13,15H,3-11H2,1-2H3,(H,19,20,23)/t15-/m1/s1. The maximum Gasteiger partial charge on any atom is 0.251 e. The molecule has 0 spiro atoms. The molecule has 2 aliphatic heterocycles. The molecule has 0 radical (unpaired) electrons. The molecule has 1 aromatic heterocycles. The van der Waals surface area contributed by atoms with Crippen molar-refractivity contribution in [2.45, 2.75) is 52.0 Å². The second-order valence-electron chi connectivity index (χ2n) is 7.24. The zero-order valence-corrected chi connectivity index (χ0v) is 16.8. The minimum Gasteiger partial charge on any atom is -0.332 e. The second-order valence-corrected chi connectivity index (χ2v) is 9.50. The quantitative estimate of drug-likeness (QED) is 0.801. The van der Waals surface area contributed by atoms with Crippen LogP contribution in [0, 0.1) is 5.92 Å². The van der Waals surface area contributed by atoms with Crippen molar-refractivity contribution in [2.24, 2.45) is 5.92 Å². The zero-order chi connectivity index (χ0) is 19.6. The number of sulfonamides is 1. The Morgan fingerprint density at radius 3 is 2.56 bits per heavy atom. The van der Waals surface area contributed by atoms with Crippen molar-refractivity contribution >= 4 is 15.9 Å². The number of aromatic nitrogens is 2. The van der Waals surface area contributed by atoms with Gasteiger partial charge >= 0.3 is 0 Å². The topological polar surface area (TPSA) is 103 Å². The van der Waals surface area contributed by atoms with Crippen molar-refractivity contribution in [2.75, 3.05) is 25.4 Å². The minimum absolute atomic E-state index is 0.0515. The maximum atomic E-state index is 13.1. The van der Waals surface area contributed by atoms with E-state index >= 15 is 0 Å². The molecule has 8 nitrogen and oxygen atoms in total. The highest BCUT2D eigenvalue weighted by atomic mass is 32.2. The molecule has 1 atom stereocenters.